The first-order valence-corrected chi connectivity index (χ1v) is 12.7. The van der Waals surface area contributed by atoms with E-state index in [1.807, 2.05) is 11.1 Å². The maximum atomic E-state index is 13.8. The Labute approximate surface area is 221 Å². The summed E-state index contributed by atoms with van der Waals surface area (Å²) in [6.45, 7) is 9.21. The summed E-state index contributed by atoms with van der Waals surface area (Å²) in [6.07, 6.45) is 7.76. The van der Waals surface area contributed by atoms with Crippen molar-refractivity contribution in [1.29, 1.82) is 0 Å². The molecular weight excluding hydrogens is 472 g/mol. The van der Waals surface area contributed by atoms with E-state index in [0.29, 0.717) is 24.3 Å². The van der Waals surface area contributed by atoms with E-state index in [9.17, 15) is 4.79 Å². The molecule has 196 valence electrons. The number of hydrogen-bond acceptors (Lipinski definition) is 2. The molecule has 3 aromatic rings. The van der Waals surface area contributed by atoms with Crippen LogP contribution in [0.4, 0.5) is 10.5 Å². The van der Waals surface area contributed by atoms with Crippen molar-refractivity contribution in [3.63, 3.8) is 0 Å². The first-order chi connectivity index (χ1) is 16.4. The first-order valence-electron chi connectivity index (χ1n) is 12.7. The quantitative estimate of drug-likeness (QED) is 0.356. The minimum absolute atomic E-state index is 0. The summed E-state index contributed by atoms with van der Waals surface area (Å²) in [6, 6.07) is 17.3. The molecule has 0 atom stereocenters. The molecule has 1 aliphatic carbocycles. The number of aromatic nitrogens is 2. The van der Waals surface area contributed by atoms with Gasteiger partial charge in [-0.3, -0.25) is 0 Å². The summed E-state index contributed by atoms with van der Waals surface area (Å²) in [7, 11) is 0. The highest BCUT2D eigenvalue weighted by molar-refractivity contribution is 5.91. The van der Waals surface area contributed by atoms with Crippen molar-refractivity contribution in [2.75, 3.05) is 5.32 Å². The van der Waals surface area contributed by atoms with E-state index < -0.39 is 0 Å². The number of H-pyrrole nitrogens is 1. The molecule has 0 radical (unpaired) electrons. The Kier molecular flexibility index (Phi) is 11.0. The molecule has 0 unspecified atom stereocenters. The van der Waals surface area contributed by atoms with Gasteiger partial charge < -0.3 is 20.7 Å². The zero-order valence-corrected chi connectivity index (χ0v) is 22.6. The number of aromatic amines is 1. The van der Waals surface area contributed by atoms with Crippen LogP contribution in [-0.2, 0) is 6.54 Å². The molecule has 6 nitrogen and oxygen atoms in total. The van der Waals surface area contributed by atoms with Crippen molar-refractivity contribution < 1.29 is 10.3 Å². The van der Waals surface area contributed by atoms with E-state index >= 15 is 0 Å². The fraction of sp³-hybridized carbons (Fsp3) is 0.448. The first kappa shape index (κ1) is 29.4. The number of halogens is 1. The molecule has 0 saturated heterocycles. The molecule has 0 bridgehead atoms. The van der Waals surface area contributed by atoms with Gasteiger partial charge in [-0.1, -0.05) is 76.2 Å². The highest BCUT2D eigenvalue weighted by atomic mass is 35.5. The fourth-order valence-corrected chi connectivity index (χ4v) is 5.23. The Hall–Kier alpha value is -2.83. The summed E-state index contributed by atoms with van der Waals surface area (Å²) in [4.78, 5) is 23.4. The van der Waals surface area contributed by atoms with Gasteiger partial charge in [0, 0.05) is 24.1 Å². The van der Waals surface area contributed by atoms with Crippen molar-refractivity contribution in [3.8, 4) is 0 Å². The van der Waals surface area contributed by atoms with Gasteiger partial charge in [0.1, 0.15) is 5.82 Å². The van der Waals surface area contributed by atoms with Gasteiger partial charge in [-0.25, -0.2) is 9.78 Å². The minimum Gasteiger partial charge on any atom is -0.412 e. The lowest BCUT2D eigenvalue weighted by Crippen LogP contribution is -2.44. The van der Waals surface area contributed by atoms with Gasteiger partial charge in [0.25, 0.3) is 0 Å². The Morgan fingerprint density at radius 2 is 1.58 bits per heavy atom. The number of anilines is 1. The van der Waals surface area contributed by atoms with Crippen molar-refractivity contribution in [1.82, 2.24) is 14.9 Å². The number of hydrogen-bond donors (Lipinski definition) is 2. The van der Waals surface area contributed by atoms with Gasteiger partial charge in [0.2, 0.25) is 0 Å². The zero-order valence-electron chi connectivity index (χ0n) is 21.8. The third-order valence-electron chi connectivity index (χ3n) is 7.15. The molecule has 2 aromatic carbocycles. The maximum Gasteiger partial charge on any atom is 0.322 e. The van der Waals surface area contributed by atoms with Crippen LogP contribution in [0.1, 0.15) is 93.6 Å². The van der Waals surface area contributed by atoms with Gasteiger partial charge >= 0.3 is 6.03 Å². The van der Waals surface area contributed by atoms with Crippen LogP contribution in [0.5, 0.6) is 0 Å². The predicted octanol–water partition coefficient (Wildman–Crippen LogP) is 7.01. The molecule has 4 N–H and O–H groups in total. The smallest absolute Gasteiger partial charge is 0.322 e. The fourth-order valence-electron chi connectivity index (χ4n) is 5.23. The summed E-state index contributed by atoms with van der Waals surface area (Å²) in [5.74, 6) is 2.05. The Bertz CT molecular complexity index is 1040. The van der Waals surface area contributed by atoms with Crippen molar-refractivity contribution in [2.45, 2.75) is 83.7 Å². The van der Waals surface area contributed by atoms with E-state index in [1.54, 1.807) is 6.20 Å². The zero-order chi connectivity index (χ0) is 24.1. The molecule has 1 heterocycles. The Morgan fingerprint density at radius 1 is 0.972 bits per heavy atom. The number of benzene rings is 2. The van der Waals surface area contributed by atoms with Gasteiger partial charge in [-0.15, -0.1) is 12.4 Å². The molecule has 1 saturated carbocycles. The standard InChI is InChI=1S/C29H38N4O.ClH.H2O/c1-20(2)25-11-8-12-26(21(3)4)28(25)32-29(34)33(19-27-30-17-18-31-27)24-15-13-23(14-16-24)22-9-6-5-7-10-22;;/h5-12,17-18,20-21,23-24H,13-16,19H2,1-4H3,(H,30,31)(H,32,34);1H;1H2/t23-,24-;;. The second kappa shape index (κ2) is 13.5. The van der Waals surface area contributed by atoms with Gasteiger partial charge in [0.15, 0.2) is 0 Å². The van der Waals surface area contributed by atoms with Gasteiger partial charge in [-0.2, -0.15) is 0 Å². The summed E-state index contributed by atoms with van der Waals surface area (Å²) in [5.41, 5.74) is 4.76. The molecule has 36 heavy (non-hydrogen) atoms. The molecular formula is C29H41ClN4O2. The topological polar surface area (TPSA) is 92.5 Å². The van der Waals surface area contributed by atoms with E-state index in [-0.39, 0.29) is 30.0 Å². The Balaban J connectivity index is 0.00000228. The highest BCUT2D eigenvalue weighted by Crippen LogP contribution is 2.36. The van der Waals surface area contributed by atoms with Crippen molar-refractivity contribution >= 4 is 24.1 Å². The van der Waals surface area contributed by atoms with E-state index in [1.165, 1.54) is 16.7 Å². The van der Waals surface area contributed by atoms with E-state index in [4.69, 9.17) is 0 Å². The third-order valence-corrected chi connectivity index (χ3v) is 7.15. The number of imidazole rings is 1. The number of nitrogens with zero attached hydrogens (tertiary/aromatic N) is 2. The molecule has 1 aromatic heterocycles. The number of para-hydroxylation sites is 1. The number of amides is 2. The lowest BCUT2D eigenvalue weighted by Gasteiger charge is -2.37. The number of rotatable bonds is 7. The van der Waals surface area contributed by atoms with Crippen LogP contribution < -0.4 is 5.32 Å². The van der Waals surface area contributed by atoms with E-state index in [2.05, 4.69) is 91.5 Å². The molecule has 0 aliphatic heterocycles. The summed E-state index contributed by atoms with van der Waals surface area (Å²) < 4.78 is 0. The highest BCUT2D eigenvalue weighted by Gasteiger charge is 2.31. The van der Waals surface area contributed by atoms with Gasteiger partial charge in [-0.05, 0) is 60.1 Å². The lowest BCUT2D eigenvalue weighted by atomic mass is 9.81. The SMILES string of the molecule is CC(C)c1cccc(C(C)C)c1NC(=O)N(Cc1ncc[nH]1)[C@H]1CC[C@H](c2ccccc2)CC1.Cl.O. The average molecular weight is 513 g/mol. The number of carbonyl (C=O) groups is 1. The third kappa shape index (κ3) is 6.89. The Morgan fingerprint density at radius 3 is 2.11 bits per heavy atom. The second-order valence-electron chi connectivity index (χ2n) is 10.1. The second-order valence-corrected chi connectivity index (χ2v) is 10.1. The number of carbonyl (C=O) groups excluding carboxylic acids is 1. The summed E-state index contributed by atoms with van der Waals surface area (Å²) in [5, 5.41) is 3.34. The monoisotopic (exact) mass is 512 g/mol. The maximum absolute atomic E-state index is 13.8. The lowest BCUT2D eigenvalue weighted by molar-refractivity contribution is 0.156. The molecule has 2 amide bonds. The molecule has 7 heteroatoms. The van der Waals surface area contributed by atoms with Crippen LogP contribution in [-0.4, -0.2) is 32.4 Å². The molecule has 1 fully saturated rings. The van der Waals surface area contributed by atoms with Crippen LogP contribution in [0.15, 0.2) is 60.9 Å². The van der Waals surface area contributed by atoms with Gasteiger partial charge in [0.05, 0.1) is 6.54 Å². The van der Waals surface area contributed by atoms with Crippen LogP contribution in [0.3, 0.4) is 0 Å². The number of nitrogens with one attached hydrogen (secondary N) is 2. The normalized spacial score (nSPS) is 17.3. The average Bonchev–Trinajstić information content (AvgIpc) is 3.36. The van der Waals surface area contributed by atoms with Crippen LogP contribution >= 0.6 is 12.4 Å². The van der Waals surface area contributed by atoms with Crippen LogP contribution in [0.25, 0.3) is 0 Å². The number of urea groups is 1. The largest absolute Gasteiger partial charge is 0.412 e. The van der Waals surface area contributed by atoms with E-state index in [0.717, 1.165) is 37.2 Å². The van der Waals surface area contributed by atoms with Crippen molar-refractivity contribution in [3.05, 3.63) is 83.4 Å². The van der Waals surface area contributed by atoms with Crippen LogP contribution in [0, 0.1) is 0 Å². The molecule has 1 aliphatic rings. The minimum atomic E-state index is -0.0328. The van der Waals surface area contributed by atoms with Crippen LogP contribution in [0.2, 0.25) is 0 Å². The molecule has 0 spiro atoms. The predicted molar refractivity (Wildman–Crippen MR) is 150 cm³/mol. The molecule has 4 rings (SSSR count). The summed E-state index contributed by atoms with van der Waals surface area (Å²) >= 11 is 0. The van der Waals surface area contributed by atoms with Crippen molar-refractivity contribution in [2.24, 2.45) is 0 Å².